The topological polar surface area (TPSA) is 67.4 Å². The Morgan fingerprint density at radius 2 is 1.95 bits per heavy atom. The van der Waals surface area contributed by atoms with Gasteiger partial charge in [0.1, 0.15) is 0 Å². The molecule has 2 amide bonds. The maximum Gasteiger partial charge on any atom is 0.309 e. The summed E-state index contributed by atoms with van der Waals surface area (Å²) in [5.41, 5.74) is 0.530. The summed E-state index contributed by atoms with van der Waals surface area (Å²) < 4.78 is 5.49. The van der Waals surface area contributed by atoms with Gasteiger partial charge < -0.3 is 15.4 Å². The highest BCUT2D eigenvalue weighted by molar-refractivity contribution is 7.99. The minimum absolute atomic E-state index is 0.286. The van der Waals surface area contributed by atoms with Crippen molar-refractivity contribution in [2.24, 2.45) is 0 Å². The van der Waals surface area contributed by atoms with Gasteiger partial charge in [-0.15, -0.1) is 0 Å². The molecule has 1 aromatic carbocycles. The van der Waals surface area contributed by atoms with E-state index in [4.69, 9.17) is 16.3 Å². The molecule has 1 saturated heterocycles. The van der Waals surface area contributed by atoms with E-state index in [9.17, 15) is 9.59 Å². The van der Waals surface area contributed by atoms with Gasteiger partial charge in [-0.3, -0.25) is 9.59 Å². The third-order valence-electron chi connectivity index (χ3n) is 3.64. The molecule has 5 nitrogen and oxygen atoms in total. The van der Waals surface area contributed by atoms with E-state index in [1.807, 2.05) is 0 Å². The minimum Gasteiger partial charge on any atom is -0.376 e. The zero-order valence-corrected chi connectivity index (χ0v) is 13.9. The third-order valence-corrected chi connectivity index (χ3v) is 5.12. The number of amides is 2. The van der Waals surface area contributed by atoms with Crippen molar-refractivity contribution < 1.29 is 14.3 Å². The number of carbonyl (C=O) groups excluding carboxylic acids is 2. The number of benzene rings is 1. The van der Waals surface area contributed by atoms with Gasteiger partial charge in [-0.1, -0.05) is 23.7 Å². The Hall–Kier alpha value is -1.24. The first-order chi connectivity index (χ1) is 10.5. The molecule has 1 heterocycles. The summed E-state index contributed by atoms with van der Waals surface area (Å²) in [4.78, 5) is 23.6. The van der Waals surface area contributed by atoms with Crippen LogP contribution in [0.5, 0.6) is 0 Å². The standard InChI is InChI=1S/C15H19ClN2O3S/c1-21-15(6-7-22-10-15)9-18-14(20)13(19)17-8-11-2-4-12(16)5-3-11/h2-5H,6-10H2,1H3,(H,17,19)(H,18,20). The predicted octanol–water partition coefficient (Wildman–Crippen LogP) is 1.59. The lowest BCUT2D eigenvalue weighted by Gasteiger charge is -2.26. The van der Waals surface area contributed by atoms with Crippen LogP contribution in [0.2, 0.25) is 5.02 Å². The SMILES string of the molecule is COC1(CNC(=O)C(=O)NCc2ccc(Cl)cc2)CCSC1. The second-order valence-corrected chi connectivity index (χ2v) is 6.72. The lowest BCUT2D eigenvalue weighted by molar-refractivity contribution is -0.140. The van der Waals surface area contributed by atoms with E-state index in [0.717, 1.165) is 23.5 Å². The molecule has 0 aliphatic carbocycles. The summed E-state index contributed by atoms with van der Waals surface area (Å²) in [6.07, 6.45) is 0.876. The van der Waals surface area contributed by atoms with Gasteiger partial charge in [0.2, 0.25) is 0 Å². The van der Waals surface area contributed by atoms with Crippen molar-refractivity contribution in [3.63, 3.8) is 0 Å². The van der Waals surface area contributed by atoms with Crippen molar-refractivity contribution in [1.29, 1.82) is 0 Å². The number of halogens is 1. The lowest BCUT2D eigenvalue weighted by atomic mass is 10.0. The molecule has 0 bridgehead atoms. The zero-order valence-electron chi connectivity index (χ0n) is 12.4. The smallest absolute Gasteiger partial charge is 0.309 e. The molecule has 1 atom stereocenters. The highest BCUT2D eigenvalue weighted by Gasteiger charge is 2.35. The zero-order chi connectivity index (χ0) is 16.0. The van der Waals surface area contributed by atoms with E-state index in [1.54, 1.807) is 43.1 Å². The van der Waals surface area contributed by atoms with Gasteiger partial charge >= 0.3 is 11.8 Å². The van der Waals surface area contributed by atoms with Gasteiger partial charge in [0.05, 0.1) is 5.60 Å². The highest BCUT2D eigenvalue weighted by atomic mass is 35.5. The van der Waals surface area contributed by atoms with Crippen LogP contribution in [-0.4, -0.2) is 42.6 Å². The summed E-state index contributed by atoms with van der Waals surface area (Å²) in [5, 5.41) is 5.87. The van der Waals surface area contributed by atoms with Crippen LogP contribution in [-0.2, 0) is 20.9 Å². The fraction of sp³-hybridized carbons (Fsp3) is 0.467. The largest absolute Gasteiger partial charge is 0.376 e. The molecule has 22 heavy (non-hydrogen) atoms. The maximum absolute atomic E-state index is 11.8. The summed E-state index contributed by atoms with van der Waals surface area (Å²) in [6, 6.07) is 7.08. The van der Waals surface area contributed by atoms with Crippen LogP contribution in [0, 0.1) is 0 Å². The molecule has 1 fully saturated rings. The van der Waals surface area contributed by atoms with E-state index in [1.165, 1.54) is 0 Å². The van der Waals surface area contributed by atoms with Gasteiger partial charge in [-0.2, -0.15) is 11.8 Å². The van der Waals surface area contributed by atoms with E-state index in [2.05, 4.69) is 10.6 Å². The summed E-state index contributed by atoms with van der Waals surface area (Å²) in [6.45, 7) is 0.637. The molecule has 1 aliphatic rings. The molecular formula is C15H19ClN2O3S. The van der Waals surface area contributed by atoms with Crippen molar-refractivity contribution >= 4 is 35.2 Å². The van der Waals surface area contributed by atoms with Crippen LogP contribution in [0.1, 0.15) is 12.0 Å². The Morgan fingerprint density at radius 3 is 2.55 bits per heavy atom. The van der Waals surface area contributed by atoms with Crippen molar-refractivity contribution in [1.82, 2.24) is 10.6 Å². The van der Waals surface area contributed by atoms with E-state index < -0.39 is 11.8 Å². The molecule has 0 saturated carbocycles. The number of hydrogen-bond acceptors (Lipinski definition) is 4. The number of nitrogens with one attached hydrogen (secondary N) is 2. The van der Waals surface area contributed by atoms with Crippen LogP contribution >= 0.6 is 23.4 Å². The number of methoxy groups -OCH3 is 1. The minimum atomic E-state index is -0.646. The van der Waals surface area contributed by atoms with Gasteiger partial charge in [-0.05, 0) is 29.9 Å². The molecule has 0 aromatic heterocycles. The van der Waals surface area contributed by atoms with Gasteiger partial charge in [-0.25, -0.2) is 0 Å². The van der Waals surface area contributed by atoms with Gasteiger partial charge in [0, 0.05) is 31.0 Å². The number of thioether (sulfide) groups is 1. The molecular weight excluding hydrogens is 324 g/mol. The van der Waals surface area contributed by atoms with Crippen molar-refractivity contribution in [3.05, 3.63) is 34.9 Å². The molecule has 1 aliphatic heterocycles. The molecule has 1 aromatic rings. The first-order valence-electron chi connectivity index (χ1n) is 6.98. The third kappa shape index (κ3) is 4.63. The Labute approximate surface area is 139 Å². The molecule has 0 spiro atoms. The number of ether oxygens (including phenoxy) is 1. The van der Waals surface area contributed by atoms with Gasteiger partial charge in [0.25, 0.3) is 0 Å². The predicted molar refractivity (Wildman–Crippen MR) is 88.0 cm³/mol. The number of rotatable bonds is 5. The highest BCUT2D eigenvalue weighted by Crippen LogP contribution is 2.30. The van der Waals surface area contributed by atoms with Crippen molar-refractivity contribution in [2.75, 3.05) is 25.2 Å². The summed E-state index contributed by atoms with van der Waals surface area (Å²) in [7, 11) is 1.64. The Bertz CT molecular complexity index is 530. The van der Waals surface area contributed by atoms with Crippen LogP contribution in [0.4, 0.5) is 0 Å². The first kappa shape index (κ1) is 17.1. The average molecular weight is 343 g/mol. The van der Waals surface area contributed by atoms with Crippen LogP contribution in [0.3, 0.4) is 0 Å². The van der Waals surface area contributed by atoms with Crippen molar-refractivity contribution in [3.8, 4) is 0 Å². The van der Waals surface area contributed by atoms with Crippen LogP contribution in [0.25, 0.3) is 0 Å². The first-order valence-corrected chi connectivity index (χ1v) is 8.51. The maximum atomic E-state index is 11.8. The Balaban J connectivity index is 1.77. The van der Waals surface area contributed by atoms with E-state index in [0.29, 0.717) is 11.6 Å². The average Bonchev–Trinajstić information content (AvgIpc) is 3.01. The second-order valence-electron chi connectivity index (χ2n) is 5.18. The fourth-order valence-electron chi connectivity index (χ4n) is 2.15. The number of hydrogen-bond donors (Lipinski definition) is 2. The molecule has 2 N–H and O–H groups in total. The van der Waals surface area contributed by atoms with E-state index in [-0.39, 0.29) is 12.1 Å². The second kappa shape index (κ2) is 7.85. The molecule has 1 unspecified atom stereocenters. The fourth-order valence-corrected chi connectivity index (χ4v) is 3.67. The van der Waals surface area contributed by atoms with E-state index >= 15 is 0 Å². The summed E-state index contributed by atoms with van der Waals surface area (Å²) in [5.74, 6) is 0.553. The quantitative estimate of drug-likeness (QED) is 0.797. The molecule has 2 rings (SSSR count). The van der Waals surface area contributed by atoms with Crippen LogP contribution in [0.15, 0.2) is 24.3 Å². The summed E-state index contributed by atoms with van der Waals surface area (Å²) >= 11 is 7.58. The lowest BCUT2D eigenvalue weighted by Crippen LogP contribution is -2.48. The Morgan fingerprint density at radius 1 is 1.27 bits per heavy atom. The van der Waals surface area contributed by atoms with Gasteiger partial charge in [0.15, 0.2) is 0 Å². The molecule has 7 heteroatoms. The Kier molecular flexibility index (Phi) is 6.11. The molecule has 120 valence electrons. The monoisotopic (exact) mass is 342 g/mol. The van der Waals surface area contributed by atoms with Crippen molar-refractivity contribution in [2.45, 2.75) is 18.6 Å². The number of carbonyl (C=O) groups is 2. The molecule has 0 radical (unpaired) electrons. The van der Waals surface area contributed by atoms with Crippen LogP contribution < -0.4 is 10.6 Å². The normalized spacial score (nSPS) is 20.6.